The molecule has 2 rings (SSSR count). The van der Waals surface area contributed by atoms with Crippen molar-refractivity contribution in [3.8, 4) is 0 Å². The molecule has 0 saturated carbocycles. The molecule has 0 aromatic carbocycles. The Kier molecular flexibility index (Phi) is 6.55. The van der Waals surface area contributed by atoms with E-state index in [1.54, 1.807) is 21.1 Å². The lowest BCUT2D eigenvalue weighted by Crippen LogP contribution is -2.39. The SMILES string of the molecule is CNC(=O)CN1CCc2c(COCC(=O)N(C)C)nn(C(C)C)c2C1. The van der Waals surface area contributed by atoms with Crippen LogP contribution in [-0.2, 0) is 33.9 Å². The van der Waals surface area contributed by atoms with Crippen LogP contribution in [0.15, 0.2) is 0 Å². The molecule has 0 aliphatic carbocycles. The van der Waals surface area contributed by atoms with Gasteiger partial charge >= 0.3 is 0 Å². The van der Waals surface area contributed by atoms with E-state index < -0.39 is 0 Å². The summed E-state index contributed by atoms with van der Waals surface area (Å²) in [7, 11) is 5.07. The molecule has 25 heavy (non-hydrogen) atoms. The number of rotatable bonds is 7. The van der Waals surface area contributed by atoms with Gasteiger partial charge in [0.25, 0.3) is 0 Å². The minimum Gasteiger partial charge on any atom is -0.365 e. The monoisotopic (exact) mass is 351 g/mol. The van der Waals surface area contributed by atoms with Gasteiger partial charge in [-0.3, -0.25) is 19.2 Å². The van der Waals surface area contributed by atoms with Gasteiger partial charge in [0.05, 0.1) is 24.5 Å². The van der Waals surface area contributed by atoms with Gasteiger partial charge in [0.2, 0.25) is 11.8 Å². The number of carbonyl (C=O) groups is 2. The van der Waals surface area contributed by atoms with Crippen LogP contribution in [0.1, 0.15) is 36.8 Å². The minimum atomic E-state index is -0.0612. The van der Waals surface area contributed by atoms with E-state index in [2.05, 4.69) is 24.1 Å². The smallest absolute Gasteiger partial charge is 0.248 e. The maximum absolute atomic E-state index is 11.6. The average molecular weight is 351 g/mol. The number of nitrogens with zero attached hydrogens (tertiary/aromatic N) is 4. The summed E-state index contributed by atoms with van der Waals surface area (Å²) in [6.45, 7) is 6.47. The van der Waals surface area contributed by atoms with Gasteiger partial charge in [0.15, 0.2) is 0 Å². The highest BCUT2D eigenvalue weighted by Gasteiger charge is 2.26. The molecule has 1 aromatic heterocycles. The standard InChI is InChI=1S/C17H29N5O3/c1-12(2)22-15-8-21(9-16(23)18-3)7-6-13(15)14(19-22)10-25-11-17(24)20(4)5/h12H,6-11H2,1-5H3,(H,18,23). The molecule has 2 amide bonds. The maximum atomic E-state index is 11.6. The van der Waals surface area contributed by atoms with Crippen molar-refractivity contribution in [3.63, 3.8) is 0 Å². The predicted molar refractivity (Wildman–Crippen MR) is 94.0 cm³/mol. The molecule has 8 nitrogen and oxygen atoms in total. The number of hydrogen-bond donors (Lipinski definition) is 1. The summed E-state index contributed by atoms with van der Waals surface area (Å²) in [5.74, 6) is -0.0428. The molecule has 0 spiro atoms. The largest absolute Gasteiger partial charge is 0.365 e. The Morgan fingerprint density at radius 1 is 1.36 bits per heavy atom. The molecule has 0 atom stereocenters. The Labute approximate surface area is 149 Å². The second kappa shape index (κ2) is 8.44. The van der Waals surface area contributed by atoms with Crippen LogP contribution in [0.5, 0.6) is 0 Å². The van der Waals surface area contributed by atoms with Crippen LogP contribution in [0, 0.1) is 0 Å². The van der Waals surface area contributed by atoms with Crippen LogP contribution in [0.4, 0.5) is 0 Å². The zero-order chi connectivity index (χ0) is 18.6. The first-order chi connectivity index (χ1) is 11.8. The zero-order valence-corrected chi connectivity index (χ0v) is 15.8. The molecule has 0 unspecified atom stereocenters. The molecule has 8 heteroatoms. The van der Waals surface area contributed by atoms with E-state index in [1.807, 2.05) is 4.68 Å². The van der Waals surface area contributed by atoms with E-state index in [0.717, 1.165) is 24.4 Å². The number of aromatic nitrogens is 2. The highest BCUT2D eigenvalue weighted by Crippen LogP contribution is 2.25. The lowest BCUT2D eigenvalue weighted by Gasteiger charge is -2.27. The van der Waals surface area contributed by atoms with Crippen molar-refractivity contribution in [3.05, 3.63) is 17.0 Å². The van der Waals surface area contributed by atoms with Crippen LogP contribution in [0.2, 0.25) is 0 Å². The third kappa shape index (κ3) is 4.79. The van der Waals surface area contributed by atoms with E-state index in [1.165, 1.54) is 10.5 Å². The van der Waals surface area contributed by atoms with E-state index in [-0.39, 0.29) is 24.5 Å². The van der Waals surface area contributed by atoms with E-state index >= 15 is 0 Å². The van der Waals surface area contributed by atoms with Crippen LogP contribution in [0.25, 0.3) is 0 Å². The molecule has 0 fully saturated rings. The molecule has 0 radical (unpaired) electrons. The third-order valence-corrected chi connectivity index (χ3v) is 4.35. The predicted octanol–water partition coefficient (Wildman–Crippen LogP) is 0.173. The second-order valence-corrected chi connectivity index (χ2v) is 6.83. The first kappa shape index (κ1) is 19.4. The van der Waals surface area contributed by atoms with Crippen molar-refractivity contribution in [1.82, 2.24) is 24.9 Å². The number of amides is 2. The Balaban J connectivity index is 2.10. The van der Waals surface area contributed by atoms with Gasteiger partial charge in [-0.05, 0) is 20.3 Å². The number of ether oxygens (including phenoxy) is 1. The molecule has 2 heterocycles. The highest BCUT2D eigenvalue weighted by molar-refractivity contribution is 5.77. The van der Waals surface area contributed by atoms with Gasteiger partial charge in [0.1, 0.15) is 6.61 Å². The summed E-state index contributed by atoms with van der Waals surface area (Å²) in [5, 5.41) is 7.37. The van der Waals surface area contributed by atoms with Crippen molar-refractivity contribution >= 4 is 11.8 Å². The average Bonchev–Trinajstić information content (AvgIpc) is 2.92. The molecule has 1 aliphatic rings. The van der Waals surface area contributed by atoms with Crippen LogP contribution >= 0.6 is 0 Å². The van der Waals surface area contributed by atoms with Gasteiger partial charge < -0.3 is 15.0 Å². The first-order valence-electron chi connectivity index (χ1n) is 8.63. The normalized spacial score (nSPS) is 14.5. The van der Waals surface area contributed by atoms with E-state index in [0.29, 0.717) is 19.7 Å². The number of hydrogen-bond acceptors (Lipinski definition) is 5. The molecular formula is C17H29N5O3. The van der Waals surface area contributed by atoms with Gasteiger partial charge in [0, 0.05) is 45.8 Å². The van der Waals surface area contributed by atoms with Crippen molar-refractivity contribution in [1.29, 1.82) is 0 Å². The Hall–Kier alpha value is -1.93. The fourth-order valence-electron chi connectivity index (χ4n) is 2.90. The van der Waals surface area contributed by atoms with Crippen molar-refractivity contribution < 1.29 is 14.3 Å². The van der Waals surface area contributed by atoms with E-state index in [9.17, 15) is 9.59 Å². The highest BCUT2D eigenvalue weighted by atomic mass is 16.5. The van der Waals surface area contributed by atoms with Gasteiger partial charge in [-0.1, -0.05) is 0 Å². The number of likely N-dealkylation sites (N-methyl/N-ethyl adjacent to an activating group) is 2. The fraction of sp³-hybridized carbons (Fsp3) is 0.706. The quantitative estimate of drug-likeness (QED) is 0.758. The second-order valence-electron chi connectivity index (χ2n) is 6.83. The van der Waals surface area contributed by atoms with Crippen molar-refractivity contribution in [2.24, 2.45) is 0 Å². The number of nitrogens with one attached hydrogen (secondary N) is 1. The number of fused-ring (bicyclic) bond motifs is 1. The summed E-state index contributed by atoms with van der Waals surface area (Å²) in [5.41, 5.74) is 3.23. The number of carbonyl (C=O) groups excluding carboxylic acids is 2. The lowest BCUT2D eigenvalue weighted by molar-refractivity contribution is -0.134. The fourth-order valence-corrected chi connectivity index (χ4v) is 2.90. The summed E-state index contributed by atoms with van der Waals surface area (Å²) in [6.07, 6.45) is 0.833. The molecule has 0 bridgehead atoms. The third-order valence-electron chi connectivity index (χ3n) is 4.35. The van der Waals surface area contributed by atoms with Crippen LogP contribution in [0.3, 0.4) is 0 Å². The molecule has 1 aliphatic heterocycles. The summed E-state index contributed by atoms with van der Waals surface area (Å²) < 4.78 is 7.58. The minimum absolute atomic E-state index is 0.0183. The van der Waals surface area contributed by atoms with Gasteiger partial charge in [-0.25, -0.2) is 0 Å². The van der Waals surface area contributed by atoms with Gasteiger partial charge in [-0.2, -0.15) is 5.10 Å². The Morgan fingerprint density at radius 2 is 2.08 bits per heavy atom. The summed E-state index contributed by atoms with van der Waals surface area (Å²) in [6, 6.07) is 0.228. The van der Waals surface area contributed by atoms with Gasteiger partial charge in [-0.15, -0.1) is 0 Å². The van der Waals surface area contributed by atoms with E-state index in [4.69, 9.17) is 9.84 Å². The van der Waals surface area contributed by atoms with Crippen LogP contribution < -0.4 is 5.32 Å². The summed E-state index contributed by atoms with van der Waals surface area (Å²) in [4.78, 5) is 26.9. The van der Waals surface area contributed by atoms with Crippen molar-refractivity contribution in [2.75, 3.05) is 40.8 Å². The van der Waals surface area contributed by atoms with Crippen molar-refractivity contribution in [2.45, 2.75) is 39.5 Å². The molecule has 1 aromatic rings. The summed E-state index contributed by atoms with van der Waals surface area (Å²) >= 11 is 0. The molecule has 0 saturated heterocycles. The molecule has 1 N–H and O–H groups in total. The maximum Gasteiger partial charge on any atom is 0.248 e. The van der Waals surface area contributed by atoms with Crippen LogP contribution in [-0.4, -0.2) is 72.2 Å². The Morgan fingerprint density at radius 3 is 2.68 bits per heavy atom. The Bertz CT molecular complexity index is 624. The zero-order valence-electron chi connectivity index (χ0n) is 15.8. The molecular weight excluding hydrogens is 322 g/mol. The lowest BCUT2D eigenvalue weighted by atomic mass is 10.0. The first-order valence-corrected chi connectivity index (χ1v) is 8.63. The topological polar surface area (TPSA) is 79.7 Å². The molecule has 140 valence electrons.